The van der Waals surface area contributed by atoms with Crippen molar-refractivity contribution in [2.45, 2.75) is 6.92 Å². The van der Waals surface area contributed by atoms with Crippen molar-refractivity contribution >= 4 is 34.9 Å². The Labute approximate surface area is 104 Å². The number of nitrogens with one attached hydrogen (secondary N) is 1. The molecule has 5 heteroatoms. The lowest BCUT2D eigenvalue weighted by Crippen LogP contribution is -2.03. The normalized spacial score (nSPS) is 11.3. The maximum Gasteiger partial charge on any atom is 0.331 e. The number of aliphatic carboxylic acids is 1. The summed E-state index contributed by atoms with van der Waals surface area (Å²) in [7, 11) is 0. The molecule has 1 rings (SSSR count). The van der Waals surface area contributed by atoms with Gasteiger partial charge in [0.05, 0.1) is 10.7 Å². The first-order valence-electron chi connectivity index (χ1n) is 4.59. The molecule has 0 fully saturated rings. The predicted octanol–water partition coefficient (Wildman–Crippen LogP) is 3.44. The van der Waals surface area contributed by atoms with Gasteiger partial charge in [-0.05, 0) is 25.1 Å². The van der Waals surface area contributed by atoms with Crippen LogP contribution in [0.4, 0.5) is 5.69 Å². The Balaban J connectivity index is 2.65. The van der Waals surface area contributed by atoms with Gasteiger partial charge in [-0.3, -0.25) is 0 Å². The van der Waals surface area contributed by atoms with Gasteiger partial charge in [0.1, 0.15) is 0 Å². The zero-order valence-electron chi connectivity index (χ0n) is 8.63. The van der Waals surface area contributed by atoms with E-state index in [0.29, 0.717) is 22.3 Å². The highest BCUT2D eigenvalue weighted by Gasteiger charge is 2.01. The molecule has 0 heterocycles. The van der Waals surface area contributed by atoms with Crippen LogP contribution >= 0.6 is 23.2 Å². The molecule has 0 atom stereocenters. The van der Waals surface area contributed by atoms with Gasteiger partial charge in [-0.1, -0.05) is 29.3 Å². The third kappa shape index (κ3) is 3.76. The SMILES string of the molecule is C/C(=C/CNc1cc(Cl)ccc1Cl)C(=O)O. The van der Waals surface area contributed by atoms with E-state index in [-0.39, 0.29) is 5.57 Å². The minimum absolute atomic E-state index is 0.283. The zero-order valence-corrected chi connectivity index (χ0v) is 10.1. The number of rotatable bonds is 4. The van der Waals surface area contributed by atoms with Crippen molar-refractivity contribution in [2.75, 3.05) is 11.9 Å². The quantitative estimate of drug-likeness (QED) is 0.815. The Morgan fingerprint density at radius 1 is 1.50 bits per heavy atom. The first kappa shape index (κ1) is 12.9. The molecule has 0 saturated carbocycles. The van der Waals surface area contributed by atoms with Gasteiger partial charge in [0.15, 0.2) is 0 Å². The van der Waals surface area contributed by atoms with Crippen LogP contribution in [0.5, 0.6) is 0 Å². The fraction of sp³-hybridized carbons (Fsp3) is 0.182. The molecule has 0 bridgehead atoms. The van der Waals surface area contributed by atoms with Gasteiger partial charge in [-0.2, -0.15) is 0 Å². The summed E-state index contributed by atoms with van der Waals surface area (Å²) in [5, 5.41) is 12.7. The topological polar surface area (TPSA) is 49.3 Å². The van der Waals surface area contributed by atoms with Gasteiger partial charge in [-0.25, -0.2) is 4.79 Å². The molecule has 0 spiro atoms. The summed E-state index contributed by atoms with van der Waals surface area (Å²) < 4.78 is 0. The predicted molar refractivity (Wildman–Crippen MR) is 66.3 cm³/mol. The second-order valence-electron chi connectivity index (χ2n) is 3.20. The van der Waals surface area contributed by atoms with Crippen molar-refractivity contribution in [3.8, 4) is 0 Å². The van der Waals surface area contributed by atoms with Crippen LogP contribution in [0.15, 0.2) is 29.8 Å². The summed E-state index contributed by atoms with van der Waals surface area (Å²) in [5.74, 6) is -0.931. The highest BCUT2D eigenvalue weighted by Crippen LogP contribution is 2.25. The van der Waals surface area contributed by atoms with Crippen molar-refractivity contribution < 1.29 is 9.90 Å². The second kappa shape index (κ2) is 5.77. The fourth-order valence-corrected chi connectivity index (χ4v) is 1.39. The van der Waals surface area contributed by atoms with Crippen LogP contribution in [0.25, 0.3) is 0 Å². The molecule has 0 aliphatic heterocycles. The van der Waals surface area contributed by atoms with Crippen molar-refractivity contribution in [1.29, 1.82) is 0 Å². The molecule has 0 amide bonds. The first-order valence-corrected chi connectivity index (χ1v) is 5.35. The van der Waals surface area contributed by atoms with Crippen LogP contribution in [0, 0.1) is 0 Å². The third-order valence-electron chi connectivity index (χ3n) is 1.97. The van der Waals surface area contributed by atoms with E-state index in [9.17, 15) is 4.79 Å². The smallest absolute Gasteiger partial charge is 0.331 e. The van der Waals surface area contributed by atoms with E-state index in [2.05, 4.69) is 5.32 Å². The first-order chi connectivity index (χ1) is 7.50. The number of hydrogen-bond donors (Lipinski definition) is 2. The van der Waals surface area contributed by atoms with Gasteiger partial charge < -0.3 is 10.4 Å². The molecule has 0 aromatic heterocycles. The number of carboxylic acid groups (broad SMARTS) is 1. The molecule has 2 N–H and O–H groups in total. The molecule has 1 aromatic carbocycles. The summed E-state index contributed by atoms with van der Waals surface area (Å²) in [5.41, 5.74) is 0.967. The van der Waals surface area contributed by atoms with E-state index in [0.717, 1.165) is 0 Å². The minimum Gasteiger partial charge on any atom is -0.478 e. The van der Waals surface area contributed by atoms with Crippen molar-refractivity contribution in [2.24, 2.45) is 0 Å². The van der Waals surface area contributed by atoms with Crippen molar-refractivity contribution in [1.82, 2.24) is 0 Å². The maximum absolute atomic E-state index is 10.5. The van der Waals surface area contributed by atoms with Gasteiger partial charge >= 0.3 is 5.97 Å². The van der Waals surface area contributed by atoms with Crippen LogP contribution in [-0.2, 0) is 4.79 Å². The van der Waals surface area contributed by atoms with Crippen LogP contribution < -0.4 is 5.32 Å². The highest BCUT2D eigenvalue weighted by molar-refractivity contribution is 6.35. The summed E-state index contributed by atoms with van der Waals surface area (Å²) in [6, 6.07) is 5.06. The molecule has 0 unspecified atom stereocenters. The molecular formula is C11H11Cl2NO2. The molecule has 0 aliphatic rings. The summed E-state index contributed by atoms with van der Waals surface area (Å²) >= 11 is 11.7. The molecule has 1 aromatic rings. The number of benzene rings is 1. The molecule has 16 heavy (non-hydrogen) atoms. The Bertz CT molecular complexity index is 430. The molecule has 0 aliphatic carbocycles. The second-order valence-corrected chi connectivity index (χ2v) is 4.04. The van der Waals surface area contributed by atoms with Crippen LogP contribution in [0.1, 0.15) is 6.92 Å². The zero-order chi connectivity index (χ0) is 12.1. The number of anilines is 1. The average molecular weight is 260 g/mol. The monoisotopic (exact) mass is 259 g/mol. The number of carbonyl (C=O) groups is 1. The van der Waals surface area contributed by atoms with Crippen LogP contribution in [-0.4, -0.2) is 17.6 Å². The third-order valence-corrected chi connectivity index (χ3v) is 2.53. The Morgan fingerprint density at radius 2 is 2.19 bits per heavy atom. The van der Waals surface area contributed by atoms with E-state index in [1.54, 1.807) is 24.3 Å². The summed E-state index contributed by atoms with van der Waals surface area (Å²) in [6.07, 6.45) is 1.57. The molecular weight excluding hydrogens is 249 g/mol. The lowest BCUT2D eigenvalue weighted by molar-refractivity contribution is -0.132. The van der Waals surface area contributed by atoms with E-state index >= 15 is 0 Å². The van der Waals surface area contributed by atoms with E-state index in [1.807, 2.05) is 0 Å². The number of hydrogen-bond acceptors (Lipinski definition) is 2. The molecule has 86 valence electrons. The summed E-state index contributed by atoms with van der Waals surface area (Å²) in [4.78, 5) is 10.5. The lowest BCUT2D eigenvalue weighted by Gasteiger charge is -2.06. The van der Waals surface area contributed by atoms with Crippen LogP contribution in [0.2, 0.25) is 10.0 Å². The van der Waals surface area contributed by atoms with E-state index < -0.39 is 5.97 Å². The minimum atomic E-state index is -0.931. The van der Waals surface area contributed by atoms with E-state index in [4.69, 9.17) is 28.3 Å². The van der Waals surface area contributed by atoms with Crippen molar-refractivity contribution in [3.63, 3.8) is 0 Å². The summed E-state index contributed by atoms with van der Waals surface area (Å²) in [6.45, 7) is 1.92. The van der Waals surface area contributed by atoms with Gasteiger partial charge in [0.2, 0.25) is 0 Å². The van der Waals surface area contributed by atoms with Crippen molar-refractivity contribution in [3.05, 3.63) is 39.9 Å². The Hall–Kier alpha value is -1.19. The van der Waals surface area contributed by atoms with Crippen LogP contribution in [0.3, 0.4) is 0 Å². The van der Waals surface area contributed by atoms with Gasteiger partial charge in [0, 0.05) is 17.1 Å². The number of carboxylic acids is 1. The number of halogens is 2. The molecule has 3 nitrogen and oxygen atoms in total. The van der Waals surface area contributed by atoms with E-state index in [1.165, 1.54) is 6.92 Å². The Kier molecular flexibility index (Phi) is 4.65. The Morgan fingerprint density at radius 3 is 2.81 bits per heavy atom. The van der Waals surface area contributed by atoms with Gasteiger partial charge in [0.25, 0.3) is 0 Å². The fourth-order valence-electron chi connectivity index (χ4n) is 1.03. The lowest BCUT2D eigenvalue weighted by atomic mass is 10.2. The standard InChI is InChI=1S/C11H11Cl2NO2/c1-7(11(15)16)4-5-14-10-6-8(12)2-3-9(10)13/h2-4,6,14H,5H2,1H3,(H,15,16)/b7-4-. The largest absolute Gasteiger partial charge is 0.478 e. The highest BCUT2D eigenvalue weighted by atomic mass is 35.5. The van der Waals surface area contributed by atoms with Gasteiger partial charge in [-0.15, -0.1) is 0 Å². The maximum atomic E-state index is 10.5. The average Bonchev–Trinajstić information content (AvgIpc) is 2.22. The molecule has 0 radical (unpaired) electrons. The molecule has 0 saturated heterocycles.